The molecule has 0 radical (unpaired) electrons. The highest BCUT2D eigenvalue weighted by molar-refractivity contribution is 7.89. The molecule has 0 spiro atoms. The maximum atomic E-state index is 12.8. The summed E-state index contributed by atoms with van der Waals surface area (Å²) in [5.74, 6) is 0.677. The van der Waals surface area contributed by atoms with Gasteiger partial charge >= 0.3 is 0 Å². The summed E-state index contributed by atoms with van der Waals surface area (Å²) in [6, 6.07) is 6.60. The van der Waals surface area contributed by atoms with Gasteiger partial charge in [0.2, 0.25) is 10.0 Å². The van der Waals surface area contributed by atoms with Gasteiger partial charge in [-0.05, 0) is 64.2 Å². The molecule has 0 unspecified atom stereocenters. The van der Waals surface area contributed by atoms with Gasteiger partial charge in [-0.3, -0.25) is 4.90 Å². The van der Waals surface area contributed by atoms with Crippen LogP contribution in [0.25, 0.3) is 0 Å². The molecule has 27 heavy (non-hydrogen) atoms. The standard InChI is InChI=1S/C19H31N3O4S/c1-3-26-17-4-6-18(7-5-17)27(23,24)20-16-19(8-10-21(2)11-9-19)22-12-14-25-15-13-22/h4-7,20H,3,8-16H2,1-2H3. The minimum absolute atomic E-state index is 0.144. The van der Waals surface area contributed by atoms with Gasteiger partial charge in [0.15, 0.2) is 0 Å². The number of sulfonamides is 1. The second kappa shape index (κ2) is 8.87. The van der Waals surface area contributed by atoms with Crippen molar-refractivity contribution in [2.24, 2.45) is 0 Å². The summed E-state index contributed by atoms with van der Waals surface area (Å²) in [6.45, 7) is 7.97. The first kappa shape index (κ1) is 20.5. The molecule has 2 heterocycles. The SMILES string of the molecule is CCOc1ccc(S(=O)(=O)NCC2(N3CCOCC3)CCN(C)CC2)cc1. The number of ether oxygens (including phenoxy) is 2. The van der Waals surface area contributed by atoms with Crippen molar-refractivity contribution in [1.82, 2.24) is 14.5 Å². The van der Waals surface area contributed by atoms with E-state index < -0.39 is 10.0 Å². The highest BCUT2D eigenvalue weighted by Crippen LogP contribution is 2.29. The molecular weight excluding hydrogens is 366 g/mol. The molecule has 2 fully saturated rings. The van der Waals surface area contributed by atoms with Crippen molar-refractivity contribution in [3.63, 3.8) is 0 Å². The van der Waals surface area contributed by atoms with Crippen LogP contribution < -0.4 is 9.46 Å². The van der Waals surface area contributed by atoms with Crippen molar-refractivity contribution in [2.75, 3.05) is 59.6 Å². The van der Waals surface area contributed by atoms with Crippen LogP contribution in [0.2, 0.25) is 0 Å². The molecule has 2 aliphatic heterocycles. The number of hydrogen-bond donors (Lipinski definition) is 1. The molecule has 0 amide bonds. The Kier molecular flexibility index (Phi) is 6.75. The Bertz CT molecular complexity index is 694. The van der Waals surface area contributed by atoms with Crippen molar-refractivity contribution in [2.45, 2.75) is 30.2 Å². The Morgan fingerprint density at radius 2 is 1.74 bits per heavy atom. The van der Waals surface area contributed by atoms with Crippen molar-refractivity contribution in [1.29, 1.82) is 0 Å². The van der Waals surface area contributed by atoms with E-state index in [0.717, 1.165) is 39.0 Å². The van der Waals surface area contributed by atoms with Crippen molar-refractivity contribution in [3.8, 4) is 5.75 Å². The number of nitrogens with one attached hydrogen (secondary N) is 1. The Labute approximate surface area is 162 Å². The second-order valence-electron chi connectivity index (χ2n) is 7.36. The normalized spacial score (nSPS) is 21.9. The second-order valence-corrected chi connectivity index (χ2v) is 9.12. The Balaban J connectivity index is 1.71. The molecule has 3 rings (SSSR count). The third-order valence-electron chi connectivity index (χ3n) is 5.64. The molecule has 1 aromatic carbocycles. The van der Waals surface area contributed by atoms with Gasteiger partial charge in [-0.15, -0.1) is 0 Å². The van der Waals surface area contributed by atoms with Crippen LogP contribution in [-0.4, -0.2) is 83.3 Å². The van der Waals surface area contributed by atoms with Gasteiger partial charge in [-0.25, -0.2) is 13.1 Å². The lowest BCUT2D eigenvalue weighted by Gasteiger charge is -2.49. The lowest BCUT2D eigenvalue weighted by molar-refractivity contribution is -0.0427. The van der Waals surface area contributed by atoms with E-state index in [1.807, 2.05) is 6.92 Å². The van der Waals surface area contributed by atoms with Crippen LogP contribution in [0.4, 0.5) is 0 Å². The minimum atomic E-state index is -3.56. The van der Waals surface area contributed by atoms with Gasteiger partial charge in [0.25, 0.3) is 0 Å². The summed E-state index contributed by atoms with van der Waals surface area (Å²) < 4.78 is 39.4. The van der Waals surface area contributed by atoms with Gasteiger partial charge in [-0.2, -0.15) is 0 Å². The Morgan fingerprint density at radius 1 is 1.11 bits per heavy atom. The minimum Gasteiger partial charge on any atom is -0.494 e. The van der Waals surface area contributed by atoms with Crippen molar-refractivity contribution >= 4 is 10.0 Å². The predicted octanol–water partition coefficient (Wildman–Crippen LogP) is 1.16. The highest BCUT2D eigenvalue weighted by Gasteiger charge is 2.40. The van der Waals surface area contributed by atoms with Crippen LogP contribution >= 0.6 is 0 Å². The van der Waals surface area contributed by atoms with E-state index in [0.29, 0.717) is 32.1 Å². The Hall–Kier alpha value is -1.19. The maximum absolute atomic E-state index is 12.8. The monoisotopic (exact) mass is 397 g/mol. The smallest absolute Gasteiger partial charge is 0.240 e. The average molecular weight is 398 g/mol. The van der Waals surface area contributed by atoms with E-state index in [4.69, 9.17) is 9.47 Å². The van der Waals surface area contributed by atoms with Crippen LogP contribution in [0.15, 0.2) is 29.2 Å². The summed E-state index contributed by atoms with van der Waals surface area (Å²) in [6.07, 6.45) is 1.91. The van der Waals surface area contributed by atoms with E-state index in [9.17, 15) is 8.42 Å². The summed E-state index contributed by atoms with van der Waals surface area (Å²) in [5.41, 5.74) is -0.144. The van der Waals surface area contributed by atoms with E-state index in [1.165, 1.54) is 0 Å². The molecule has 1 N–H and O–H groups in total. The molecule has 2 saturated heterocycles. The zero-order valence-corrected chi connectivity index (χ0v) is 17.1. The van der Waals surface area contributed by atoms with Crippen LogP contribution in [0, 0.1) is 0 Å². The van der Waals surface area contributed by atoms with Crippen molar-refractivity contribution < 1.29 is 17.9 Å². The molecule has 0 atom stereocenters. The molecule has 0 aromatic heterocycles. The number of hydrogen-bond acceptors (Lipinski definition) is 6. The highest BCUT2D eigenvalue weighted by atomic mass is 32.2. The third-order valence-corrected chi connectivity index (χ3v) is 7.05. The first-order valence-electron chi connectivity index (χ1n) is 9.69. The molecule has 1 aromatic rings. The van der Waals surface area contributed by atoms with E-state index in [1.54, 1.807) is 24.3 Å². The number of benzene rings is 1. The van der Waals surface area contributed by atoms with Gasteiger partial charge in [0, 0.05) is 25.2 Å². The molecule has 8 heteroatoms. The van der Waals surface area contributed by atoms with Gasteiger partial charge in [0.05, 0.1) is 24.7 Å². The number of nitrogens with zero attached hydrogens (tertiary/aromatic N) is 2. The van der Waals surface area contributed by atoms with E-state index in [-0.39, 0.29) is 10.4 Å². The van der Waals surface area contributed by atoms with Gasteiger partial charge in [0.1, 0.15) is 5.75 Å². The molecular formula is C19H31N3O4S. The number of piperidine rings is 1. The number of rotatable bonds is 7. The van der Waals surface area contributed by atoms with Crippen LogP contribution in [0.5, 0.6) is 5.75 Å². The average Bonchev–Trinajstić information content (AvgIpc) is 2.69. The van der Waals surface area contributed by atoms with Crippen molar-refractivity contribution in [3.05, 3.63) is 24.3 Å². The van der Waals surface area contributed by atoms with Crippen LogP contribution in [0.1, 0.15) is 19.8 Å². The largest absolute Gasteiger partial charge is 0.494 e. The molecule has 152 valence electrons. The predicted molar refractivity (Wildman–Crippen MR) is 105 cm³/mol. The first-order chi connectivity index (χ1) is 13.0. The molecule has 0 saturated carbocycles. The van der Waals surface area contributed by atoms with Crippen LogP contribution in [0.3, 0.4) is 0 Å². The van der Waals surface area contributed by atoms with Crippen LogP contribution in [-0.2, 0) is 14.8 Å². The fourth-order valence-electron chi connectivity index (χ4n) is 3.87. The quantitative estimate of drug-likeness (QED) is 0.745. The summed E-state index contributed by atoms with van der Waals surface area (Å²) >= 11 is 0. The summed E-state index contributed by atoms with van der Waals surface area (Å²) in [4.78, 5) is 5.00. The lowest BCUT2D eigenvalue weighted by Crippen LogP contribution is -2.62. The zero-order valence-electron chi connectivity index (χ0n) is 16.3. The van der Waals surface area contributed by atoms with Gasteiger partial charge in [-0.1, -0.05) is 0 Å². The van der Waals surface area contributed by atoms with Gasteiger partial charge < -0.3 is 14.4 Å². The molecule has 0 aliphatic carbocycles. The third kappa shape index (κ3) is 5.00. The summed E-state index contributed by atoms with van der Waals surface area (Å²) in [7, 11) is -1.44. The van der Waals surface area contributed by atoms with E-state index in [2.05, 4.69) is 21.6 Å². The number of morpholine rings is 1. The zero-order chi connectivity index (χ0) is 19.3. The number of likely N-dealkylation sites (tertiary alicyclic amines) is 1. The topological polar surface area (TPSA) is 71.1 Å². The van der Waals surface area contributed by atoms with E-state index >= 15 is 0 Å². The fraction of sp³-hybridized carbons (Fsp3) is 0.684. The molecule has 0 bridgehead atoms. The maximum Gasteiger partial charge on any atom is 0.240 e. The first-order valence-corrected chi connectivity index (χ1v) is 11.2. The lowest BCUT2D eigenvalue weighted by atomic mass is 9.85. The molecule has 2 aliphatic rings. The molecule has 7 nitrogen and oxygen atoms in total. The summed E-state index contributed by atoms with van der Waals surface area (Å²) in [5, 5.41) is 0. The fourth-order valence-corrected chi connectivity index (χ4v) is 4.99. The Morgan fingerprint density at radius 3 is 2.33 bits per heavy atom.